The molecule has 0 aromatic rings. The van der Waals surface area contributed by atoms with E-state index >= 15 is 0 Å². The molecule has 11 heteroatoms. The molecule has 4 atom stereocenters. The number of hydrogen-bond donors (Lipinski definition) is 1. The SMILES string of the molecule is CCC[CH2][Sn]1([CH2]CCC)[O][C@@H]2[C@@H](CO[C@@]3(COS(N)(=O)=O)OC(C)(C)O[C@@H]23)[O]1. The molecule has 3 saturated heterocycles. The summed E-state index contributed by atoms with van der Waals surface area (Å²) in [5.41, 5.74) is 0. The van der Waals surface area contributed by atoms with E-state index in [1.807, 2.05) is 0 Å². The van der Waals surface area contributed by atoms with Gasteiger partial charge in [-0.1, -0.05) is 0 Å². The summed E-state index contributed by atoms with van der Waals surface area (Å²) in [5.74, 6) is -2.36. The number of hydrogen-bond acceptors (Lipinski definition) is 8. The van der Waals surface area contributed by atoms with Gasteiger partial charge in [-0.15, -0.1) is 0 Å². The molecule has 28 heavy (non-hydrogen) atoms. The zero-order valence-electron chi connectivity index (χ0n) is 17.1. The van der Waals surface area contributed by atoms with Gasteiger partial charge in [0.15, 0.2) is 0 Å². The number of ether oxygens (including phenoxy) is 3. The van der Waals surface area contributed by atoms with Crippen LogP contribution < -0.4 is 5.14 Å². The second kappa shape index (κ2) is 8.54. The Morgan fingerprint density at radius 3 is 2.36 bits per heavy atom. The molecule has 2 N–H and O–H groups in total. The number of unbranched alkanes of at least 4 members (excludes halogenated alkanes) is 2. The minimum atomic E-state index is -4.15. The molecule has 0 aromatic carbocycles. The third-order valence-corrected chi connectivity index (χ3v) is 16.3. The molecule has 9 nitrogen and oxygen atoms in total. The van der Waals surface area contributed by atoms with Gasteiger partial charge in [0, 0.05) is 0 Å². The van der Waals surface area contributed by atoms with Crippen molar-refractivity contribution in [3.8, 4) is 0 Å². The van der Waals surface area contributed by atoms with Crippen molar-refractivity contribution >= 4 is 29.5 Å². The predicted molar refractivity (Wildman–Crippen MR) is 103 cm³/mol. The van der Waals surface area contributed by atoms with E-state index in [1.54, 1.807) is 13.8 Å². The third kappa shape index (κ3) is 5.02. The van der Waals surface area contributed by atoms with Gasteiger partial charge in [-0.25, -0.2) is 0 Å². The molecule has 3 aliphatic heterocycles. The van der Waals surface area contributed by atoms with Crippen LogP contribution >= 0.6 is 0 Å². The fourth-order valence-corrected chi connectivity index (χ4v) is 16.2. The molecule has 0 aromatic heterocycles. The molecule has 0 spiro atoms. The van der Waals surface area contributed by atoms with Gasteiger partial charge in [-0.3, -0.25) is 0 Å². The summed E-state index contributed by atoms with van der Waals surface area (Å²) in [7, 11) is -4.15. The van der Waals surface area contributed by atoms with Crippen molar-refractivity contribution in [2.75, 3.05) is 13.2 Å². The molecule has 3 fully saturated rings. The van der Waals surface area contributed by atoms with Crippen LogP contribution in [-0.4, -0.2) is 70.7 Å². The van der Waals surface area contributed by atoms with E-state index in [-0.39, 0.29) is 25.4 Å². The van der Waals surface area contributed by atoms with Gasteiger partial charge in [0.05, 0.1) is 0 Å². The first-order valence-corrected chi connectivity index (χ1v) is 17.9. The molecule has 3 heterocycles. The molecule has 0 radical (unpaired) electrons. The van der Waals surface area contributed by atoms with Crippen LogP contribution in [0.25, 0.3) is 0 Å². The summed E-state index contributed by atoms with van der Waals surface area (Å²) in [6.45, 7) is 7.68. The van der Waals surface area contributed by atoms with Crippen LogP contribution in [0, 0.1) is 0 Å². The number of rotatable bonds is 9. The number of nitrogens with two attached hydrogens (primary N) is 1. The van der Waals surface area contributed by atoms with Crippen molar-refractivity contribution in [3.05, 3.63) is 0 Å². The molecule has 3 rings (SSSR count). The van der Waals surface area contributed by atoms with Crippen LogP contribution in [0.3, 0.4) is 0 Å². The molecular formula is C17H33NO8SSn. The van der Waals surface area contributed by atoms with Gasteiger partial charge < -0.3 is 0 Å². The van der Waals surface area contributed by atoms with Gasteiger partial charge in [-0.05, 0) is 0 Å². The normalized spacial score (nSPS) is 36.2. The maximum absolute atomic E-state index is 11.3. The van der Waals surface area contributed by atoms with E-state index in [4.69, 9.17) is 29.7 Å². The predicted octanol–water partition coefficient (Wildman–Crippen LogP) is 1.91. The van der Waals surface area contributed by atoms with E-state index < -0.39 is 47.2 Å². The molecule has 0 bridgehead atoms. The van der Waals surface area contributed by atoms with Gasteiger partial charge in [0.25, 0.3) is 0 Å². The van der Waals surface area contributed by atoms with Gasteiger partial charge in [0.1, 0.15) is 0 Å². The van der Waals surface area contributed by atoms with Crippen LogP contribution in [-0.2, 0) is 34.8 Å². The molecule has 0 aliphatic carbocycles. The summed E-state index contributed by atoms with van der Waals surface area (Å²) < 4.78 is 60.8. The van der Waals surface area contributed by atoms with Crippen molar-refractivity contribution in [2.45, 2.75) is 92.1 Å². The zero-order valence-corrected chi connectivity index (χ0v) is 20.8. The summed E-state index contributed by atoms with van der Waals surface area (Å²) >= 11 is -3.28. The Bertz CT molecular complexity index is 652. The fraction of sp³-hybridized carbons (Fsp3) is 1.00. The Balaban J connectivity index is 1.83. The van der Waals surface area contributed by atoms with Gasteiger partial charge in [-0.2, -0.15) is 0 Å². The standard InChI is InChI=1S/C9H15NO8S.2C4H9.Sn/c1-8(2)17-7-6(12)5(11)3-15-9(7,18-8)4-16-19(10,13)14;2*1-3-4-2;/h5-7H,3-4H2,1-2H3,(H2,10,13,14);2*1,3-4H2,2H3;/q-2;;;+2/t5-,6-,7+,9+;;;/m1.../s1. The van der Waals surface area contributed by atoms with Crippen LogP contribution in [0.5, 0.6) is 0 Å². The van der Waals surface area contributed by atoms with Crippen molar-refractivity contribution in [1.29, 1.82) is 0 Å². The van der Waals surface area contributed by atoms with E-state index in [9.17, 15) is 8.42 Å². The summed E-state index contributed by atoms with van der Waals surface area (Å²) in [6, 6.07) is 0. The van der Waals surface area contributed by atoms with Crippen molar-refractivity contribution in [1.82, 2.24) is 0 Å². The Kier molecular flexibility index (Phi) is 7.06. The van der Waals surface area contributed by atoms with Crippen molar-refractivity contribution < 1.29 is 33.0 Å². The molecule has 0 unspecified atom stereocenters. The quantitative estimate of drug-likeness (QED) is 0.450. The molecule has 0 saturated carbocycles. The summed E-state index contributed by atoms with van der Waals surface area (Å²) in [6.07, 6.45) is 3.10. The second-order valence-electron chi connectivity index (χ2n) is 8.27. The second-order valence-corrected chi connectivity index (χ2v) is 18.9. The van der Waals surface area contributed by atoms with Crippen molar-refractivity contribution in [3.63, 3.8) is 0 Å². The van der Waals surface area contributed by atoms with Gasteiger partial charge in [0.2, 0.25) is 0 Å². The zero-order chi connectivity index (χ0) is 20.6. The van der Waals surface area contributed by atoms with E-state index in [0.717, 1.165) is 34.6 Å². The van der Waals surface area contributed by atoms with Crippen molar-refractivity contribution in [2.24, 2.45) is 5.14 Å². The number of fused-ring (bicyclic) bond motifs is 3. The van der Waals surface area contributed by atoms with Crippen LogP contribution in [0.2, 0.25) is 8.87 Å². The monoisotopic (exact) mass is 531 g/mol. The average molecular weight is 530 g/mol. The fourth-order valence-electron chi connectivity index (χ4n) is 4.20. The van der Waals surface area contributed by atoms with E-state index in [0.29, 0.717) is 0 Å². The average Bonchev–Trinajstić information content (AvgIpc) is 3.10. The molecule has 164 valence electrons. The summed E-state index contributed by atoms with van der Waals surface area (Å²) in [5, 5.41) is 5.01. The van der Waals surface area contributed by atoms with Crippen LogP contribution in [0.1, 0.15) is 53.4 Å². The maximum atomic E-state index is 11.3. The molecule has 0 amide bonds. The first kappa shape index (κ1) is 23.1. The minimum absolute atomic E-state index is 0.227. The molecule has 3 aliphatic rings. The first-order chi connectivity index (χ1) is 13.0. The Morgan fingerprint density at radius 1 is 1.14 bits per heavy atom. The Labute approximate surface area is 172 Å². The Morgan fingerprint density at radius 2 is 1.79 bits per heavy atom. The molecular weight excluding hydrogens is 497 g/mol. The van der Waals surface area contributed by atoms with E-state index in [1.165, 1.54) is 0 Å². The third-order valence-electron chi connectivity index (χ3n) is 5.38. The van der Waals surface area contributed by atoms with Crippen LogP contribution in [0.15, 0.2) is 0 Å². The van der Waals surface area contributed by atoms with E-state index in [2.05, 4.69) is 13.8 Å². The Hall–Kier alpha value is 0.469. The summed E-state index contributed by atoms with van der Waals surface area (Å²) in [4.78, 5) is 0. The van der Waals surface area contributed by atoms with Gasteiger partial charge >= 0.3 is 173 Å². The van der Waals surface area contributed by atoms with Crippen LogP contribution in [0.4, 0.5) is 0 Å². The first-order valence-electron chi connectivity index (χ1n) is 10.1. The topological polar surface area (TPSA) is 116 Å².